The van der Waals surface area contributed by atoms with E-state index in [1.54, 1.807) is 5.20 Å². The van der Waals surface area contributed by atoms with Crippen LogP contribution in [0.3, 0.4) is 0 Å². The number of hydrogen-bond donors (Lipinski definition) is 0. The first-order valence-corrected chi connectivity index (χ1v) is 7.07. The molecule has 0 fully saturated rings. The Morgan fingerprint density at radius 2 is 1.36 bits per heavy atom. The average molecular weight is 171 g/mol. The molecule has 66 valence electrons. The van der Waals surface area contributed by atoms with E-state index in [9.17, 15) is 0 Å². The fraction of sp³-hybridized carbons (Fsp3) is 0.778. The van der Waals surface area contributed by atoms with Crippen molar-refractivity contribution in [1.82, 2.24) is 4.57 Å². The van der Waals surface area contributed by atoms with Crippen LogP contribution in [-0.4, -0.2) is 26.9 Å². The molecule has 1 nitrogen and oxygen atoms in total. The summed E-state index contributed by atoms with van der Waals surface area (Å²) in [4.78, 5) is 0. The maximum Gasteiger partial charge on any atom is 0.149 e. The fourth-order valence-corrected chi connectivity index (χ4v) is 2.84. The number of allylic oxidation sites excluding steroid dienone is 2. The lowest BCUT2D eigenvalue weighted by atomic mass is 10.3. The molecule has 0 saturated heterocycles. The number of rotatable bonds is 2. The van der Waals surface area contributed by atoms with Crippen molar-refractivity contribution in [2.24, 2.45) is 0 Å². The van der Waals surface area contributed by atoms with Crippen molar-refractivity contribution < 1.29 is 0 Å². The molecule has 0 atom stereocenters. The van der Waals surface area contributed by atoms with E-state index in [0.717, 1.165) is 0 Å². The molecule has 0 heterocycles. The Balaban J connectivity index is 4.70. The van der Waals surface area contributed by atoms with Crippen LogP contribution in [0.25, 0.3) is 0 Å². The smallest absolute Gasteiger partial charge is 0.149 e. The van der Waals surface area contributed by atoms with E-state index in [1.807, 2.05) is 0 Å². The van der Waals surface area contributed by atoms with Gasteiger partial charge in [0.15, 0.2) is 0 Å². The summed E-state index contributed by atoms with van der Waals surface area (Å²) in [5.41, 5.74) is 1.48. The van der Waals surface area contributed by atoms with Gasteiger partial charge in [0, 0.05) is 0 Å². The molecule has 0 rings (SSSR count). The Labute approximate surface area is 72.2 Å². The van der Waals surface area contributed by atoms with Crippen LogP contribution in [0, 0.1) is 0 Å². The van der Waals surface area contributed by atoms with Gasteiger partial charge in [-0.3, -0.25) is 0 Å². The van der Waals surface area contributed by atoms with Crippen LogP contribution < -0.4 is 0 Å². The maximum absolute atomic E-state index is 2.38. The van der Waals surface area contributed by atoms with Gasteiger partial charge in [0.25, 0.3) is 0 Å². The van der Waals surface area contributed by atoms with Crippen LogP contribution in [0.15, 0.2) is 10.8 Å². The Morgan fingerprint density at radius 3 is 1.45 bits per heavy atom. The monoisotopic (exact) mass is 171 g/mol. The molecular formula is C9H21NSi. The zero-order valence-electron chi connectivity index (χ0n) is 8.95. The third-order valence-electron chi connectivity index (χ3n) is 2.79. The summed E-state index contributed by atoms with van der Waals surface area (Å²) in [6, 6.07) is 0. The van der Waals surface area contributed by atoms with Crippen LogP contribution in [0.1, 0.15) is 20.8 Å². The topological polar surface area (TPSA) is 3.24 Å². The SMILES string of the molecule is CC(C)=C(C)[Si](C)(C)N(C)C. The molecular weight excluding hydrogens is 150 g/mol. The van der Waals surface area contributed by atoms with E-state index in [2.05, 4.69) is 52.5 Å². The molecule has 2 heteroatoms. The lowest BCUT2D eigenvalue weighted by Crippen LogP contribution is -2.45. The van der Waals surface area contributed by atoms with Crippen LogP contribution in [0.2, 0.25) is 13.1 Å². The first-order valence-electron chi connectivity index (χ1n) is 4.12. The molecule has 0 saturated carbocycles. The summed E-state index contributed by atoms with van der Waals surface area (Å²) >= 11 is 0. The molecule has 0 aliphatic heterocycles. The molecule has 0 unspecified atom stereocenters. The summed E-state index contributed by atoms with van der Waals surface area (Å²) in [5, 5.41) is 1.60. The average Bonchev–Trinajstić information content (AvgIpc) is 1.85. The van der Waals surface area contributed by atoms with E-state index < -0.39 is 8.24 Å². The third kappa shape index (κ3) is 2.45. The maximum atomic E-state index is 2.38. The first-order chi connectivity index (χ1) is 4.80. The van der Waals surface area contributed by atoms with Crippen molar-refractivity contribution in [1.29, 1.82) is 0 Å². The normalized spacial score (nSPS) is 12.0. The zero-order valence-corrected chi connectivity index (χ0v) is 9.95. The Morgan fingerprint density at radius 1 is 1.00 bits per heavy atom. The molecule has 0 bridgehead atoms. The van der Waals surface area contributed by atoms with E-state index in [4.69, 9.17) is 0 Å². The minimum absolute atomic E-state index is 1.23. The van der Waals surface area contributed by atoms with Gasteiger partial charge in [-0.15, -0.1) is 0 Å². The molecule has 0 aliphatic carbocycles. The zero-order chi connectivity index (χ0) is 9.23. The molecule has 0 spiro atoms. The quantitative estimate of drug-likeness (QED) is 0.577. The standard InChI is InChI=1S/C9H21NSi/c1-8(2)9(3)11(6,7)10(4)5/h1-7H3. The predicted molar refractivity (Wildman–Crippen MR) is 55.2 cm³/mol. The van der Waals surface area contributed by atoms with Crippen molar-refractivity contribution >= 4 is 8.24 Å². The van der Waals surface area contributed by atoms with Crippen molar-refractivity contribution in [3.05, 3.63) is 10.8 Å². The number of hydrogen-bond acceptors (Lipinski definition) is 1. The third-order valence-corrected chi connectivity index (χ3v) is 7.36. The lowest BCUT2D eigenvalue weighted by molar-refractivity contribution is 0.627. The van der Waals surface area contributed by atoms with E-state index >= 15 is 0 Å². The van der Waals surface area contributed by atoms with Crippen LogP contribution in [0.5, 0.6) is 0 Å². The number of nitrogens with zero attached hydrogens (tertiary/aromatic N) is 1. The minimum Gasteiger partial charge on any atom is -0.326 e. The van der Waals surface area contributed by atoms with Crippen LogP contribution in [0.4, 0.5) is 0 Å². The van der Waals surface area contributed by atoms with Crippen LogP contribution in [-0.2, 0) is 0 Å². The highest BCUT2D eigenvalue weighted by Gasteiger charge is 2.26. The highest BCUT2D eigenvalue weighted by molar-refractivity contribution is 6.81. The van der Waals surface area contributed by atoms with E-state index in [1.165, 1.54) is 5.57 Å². The van der Waals surface area contributed by atoms with Gasteiger partial charge in [-0.25, -0.2) is 0 Å². The molecule has 0 radical (unpaired) electrons. The first kappa shape index (κ1) is 10.9. The lowest BCUT2D eigenvalue weighted by Gasteiger charge is -2.32. The van der Waals surface area contributed by atoms with Crippen molar-refractivity contribution in [3.8, 4) is 0 Å². The van der Waals surface area contributed by atoms with Gasteiger partial charge in [0.05, 0.1) is 0 Å². The molecule has 0 N–H and O–H groups in total. The fourth-order valence-electron chi connectivity index (χ4n) is 0.947. The molecule has 0 aliphatic rings. The van der Waals surface area contributed by atoms with Crippen molar-refractivity contribution in [2.75, 3.05) is 14.1 Å². The highest BCUT2D eigenvalue weighted by atomic mass is 28.3. The second-order valence-corrected chi connectivity index (χ2v) is 8.84. The molecule has 0 amide bonds. The predicted octanol–water partition coefficient (Wildman–Crippen LogP) is 2.65. The van der Waals surface area contributed by atoms with Gasteiger partial charge >= 0.3 is 0 Å². The molecule has 0 aromatic rings. The van der Waals surface area contributed by atoms with Crippen molar-refractivity contribution in [2.45, 2.75) is 33.9 Å². The summed E-state index contributed by atoms with van der Waals surface area (Å²) in [6.45, 7) is 11.4. The summed E-state index contributed by atoms with van der Waals surface area (Å²) in [7, 11) is 3.12. The van der Waals surface area contributed by atoms with Gasteiger partial charge in [0.1, 0.15) is 8.24 Å². The second-order valence-electron chi connectivity index (χ2n) is 4.08. The van der Waals surface area contributed by atoms with Gasteiger partial charge in [-0.05, 0) is 34.9 Å². The van der Waals surface area contributed by atoms with Gasteiger partial charge < -0.3 is 4.57 Å². The molecule has 11 heavy (non-hydrogen) atoms. The van der Waals surface area contributed by atoms with E-state index in [0.29, 0.717) is 0 Å². The van der Waals surface area contributed by atoms with Gasteiger partial charge in [-0.1, -0.05) is 23.9 Å². The van der Waals surface area contributed by atoms with Crippen LogP contribution >= 0.6 is 0 Å². The van der Waals surface area contributed by atoms with Crippen molar-refractivity contribution in [3.63, 3.8) is 0 Å². The minimum atomic E-state index is -1.23. The summed E-state index contributed by atoms with van der Waals surface area (Å²) < 4.78 is 2.38. The highest BCUT2D eigenvalue weighted by Crippen LogP contribution is 2.19. The summed E-state index contributed by atoms with van der Waals surface area (Å²) in [5.74, 6) is 0. The van der Waals surface area contributed by atoms with E-state index in [-0.39, 0.29) is 0 Å². The molecule has 0 aromatic heterocycles. The van der Waals surface area contributed by atoms with Gasteiger partial charge in [-0.2, -0.15) is 0 Å². The molecule has 0 aromatic carbocycles. The second kappa shape index (κ2) is 3.54. The Hall–Kier alpha value is -0.0831. The Bertz CT molecular complexity index is 164. The van der Waals surface area contributed by atoms with Gasteiger partial charge in [0.2, 0.25) is 0 Å². The largest absolute Gasteiger partial charge is 0.326 e. The summed E-state index contributed by atoms with van der Waals surface area (Å²) in [6.07, 6.45) is 0. The Kier molecular flexibility index (Phi) is 3.52.